The van der Waals surface area contributed by atoms with Gasteiger partial charge in [-0.05, 0) is 47.5 Å². The molecule has 1 aromatic carbocycles. The molecule has 0 aromatic heterocycles. The van der Waals surface area contributed by atoms with E-state index in [0.29, 0.717) is 6.61 Å². The van der Waals surface area contributed by atoms with Gasteiger partial charge in [0.15, 0.2) is 0 Å². The van der Waals surface area contributed by atoms with E-state index in [9.17, 15) is 4.79 Å². The fourth-order valence-corrected chi connectivity index (χ4v) is 2.21. The molecule has 4 nitrogen and oxygen atoms in total. The molecular weight excluding hydrogens is 322 g/mol. The Hall–Kier alpha value is -1.33. The van der Waals surface area contributed by atoms with Crippen LogP contribution in [-0.4, -0.2) is 25.7 Å². The van der Waals surface area contributed by atoms with E-state index < -0.39 is 6.10 Å². The molecule has 0 heterocycles. The van der Waals surface area contributed by atoms with E-state index in [1.165, 1.54) is 0 Å². The van der Waals surface area contributed by atoms with E-state index in [4.69, 9.17) is 9.47 Å². The Labute approximate surface area is 128 Å². The molecule has 20 heavy (non-hydrogen) atoms. The third kappa shape index (κ3) is 4.65. The number of benzene rings is 1. The van der Waals surface area contributed by atoms with Crippen LogP contribution in [0.25, 0.3) is 0 Å². The van der Waals surface area contributed by atoms with Crippen LogP contribution in [0.4, 0.5) is 0 Å². The van der Waals surface area contributed by atoms with Crippen molar-refractivity contribution in [2.75, 3.05) is 13.7 Å². The van der Waals surface area contributed by atoms with Gasteiger partial charge in [-0.25, -0.2) is 0 Å². The Morgan fingerprint density at radius 2 is 2.20 bits per heavy atom. The predicted octanol–water partition coefficient (Wildman–Crippen LogP) is 3.23. The number of amides is 1. The molecule has 0 aliphatic carbocycles. The lowest BCUT2D eigenvalue weighted by atomic mass is 10.1. The van der Waals surface area contributed by atoms with E-state index in [1.54, 1.807) is 20.1 Å². The van der Waals surface area contributed by atoms with Crippen molar-refractivity contribution in [2.45, 2.75) is 26.0 Å². The van der Waals surface area contributed by atoms with Crippen LogP contribution in [0.15, 0.2) is 35.3 Å². The highest BCUT2D eigenvalue weighted by Crippen LogP contribution is 2.27. The number of hydrogen-bond acceptors (Lipinski definition) is 3. The summed E-state index contributed by atoms with van der Waals surface area (Å²) in [6.07, 6.45) is 1.12. The van der Waals surface area contributed by atoms with Gasteiger partial charge in [0, 0.05) is 0 Å². The van der Waals surface area contributed by atoms with Crippen molar-refractivity contribution in [3.05, 3.63) is 40.9 Å². The van der Waals surface area contributed by atoms with Gasteiger partial charge in [0.1, 0.15) is 11.9 Å². The minimum absolute atomic E-state index is 0.112. The number of ether oxygens (including phenoxy) is 2. The number of hydrogen-bond donors (Lipinski definition) is 1. The second kappa shape index (κ2) is 8.07. The lowest BCUT2D eigenvalue weighted by Gasteiger charge is -2.18. The van der Waals surface area contributed by atoms with Crippen LogP contribution in [0.2, 0.25) is 0 Å². The highest BCUT2D eigenvalue weighted by atomic mass is 79.9. The Morgan fingerprint density at radius 3 is 2.75 bits per heavy atom. The van der Waals surface area contributed by atoms with Crippen molar-refractivity contribution in [3.63, 3.8) is 0 Å². The summed E-state index contributed by atoms with van der Waals surface area (Å²) >= 11 is 3.43. The zero-order valence-corrected chi connectivity index (χ0v) is 13.6. The number of nitrogens with one attached hydrogen (secondary N) is 1. The first kappa shape index (κ1) is 16.7. The maximum atomic E-state index is 11.9. The molecule has 0 saturated heterocycles. The minimum Gasteiger partial charge on any atom is -0.496 e. The second-order valence-corrected chi connectivity index (χ2v) is 5.24. The Morgan fingerprint density at radius 1 is 1.50 bits per heavy atom. The monoisotopic (exact) mass is 341 g/mol. The van der Waals surface area contributed by atoms with Gasteiger partial charge >= 0.3 is 0 Å². The van der Waals surface area contributed by atoms with E-state index in [0.717, 1.165) is 15.8 Å². The SMILES string of the molecule is C=CCO[C@@H](C)C(=O)N[C@H](C)c1ccc(OC)c(Br)c1. The molecule has 0 fully saturated rings. The number of carbonyl (C=O) groups is 1. The summed E-state index contributed by atoms with van der Waals surface area (Å²) in [6, 6.07) is 5.60. The zero-order chi connectivity index (χ0) is 15.1. The van der Waals surface area contributed by atoms with Crippen molar-refractivity contribution >= 4 is 21.8 Å². The minimum atomic E-state index is -0.503. The molecule has 1 rings (SSSR count). The van der Waals surface area contributed by atoms with Crippen molar-refractivity contribution in [3.8, 4) is 5.75 Å². The van der Waals surface area contributed by atoms with Gasteiger partial charge in [-0.3, -0.25) is 4.79 Å². The Kier molecular flexibility index (Phi) is 6.75. The van der Waals surface area contributed by atoms with Crippen LogP contribution in [0, 0.1) is 0 Å². The molecule has 5 heteroatoms. The molecule has 0 aliphatic heterocycles. The predicted molar refractivity (Wildman–Crippen MR) is 82.9 cm³/mol. The lowest BCUT2D eigenvalue weighted by Crippen LogP contribution is -2.36. The fraction of sp³-hybridized carbons (Fsp3) is 0.400. The summed E-state index contributed by atoms with van der Waals surface area (Å²) in [6.45, 7) is 7.55. The molecule has 0 aliphatic rings. The van der Waals surface area contributed by atoms with Crippen LogP contribution in [0.1, 0.15) is 25.5 Å². The van der Waals surface area contributed by atoms with Crippen molar-refractivity contribution < 1.29 is 14.3 Å². The smallest absolute Gasteiger partial charge is 0.249 e. The van der Waals surface area contributed by atoms with Gasteiger partial charge in [0.05, 0.1) is 24.2 Å². The molecule has 0 radical (unpaired) electrons. The second-order valence-electron chi connectivity index (χ2n) is 4.39. The largest absolute Gasteiger partial charge is 0.496 e. The summed E-state index contributed by atoms with van der Waals surface area (Å²) in [5, 5.41) is 2.91. The average Bonchev–Trinajstić information content (AvgIpc) is 2.44. The van der Waals surface area contributed by atoms with E-state index in [1.807, 2.05) is 25.1 Å². The van der Waals surface area contributed by atoms with Crippen LogP contribution >= 0.6 is 15.9 Å². The molecule has 1 N–H and O–H groups in total. The van der Waals surface area contributed by atoms with Crippen LogP contribution < -0.4 is 10.1 Å². The molecule has 110 valence electrons. The first-order valence-corrected chi connectivity index (χ1v) is 7.15. The Bertz CT molecular complexity index is 476. The zero-order valence-electron chi connectivity index (χ0n) is 12.0. The quantitative estimate of drug-likeness (QED) is 0.774. The van der Waals surface area contributed by atoms with Crippen LogP contribution in [0.5, 0.6) is 5.75 Å². The van der Waals surface area contributed by atoms with Crippen molar-refractivity contribution in [1.29, 1.82) is 0 Å². The number of methoxy groups -OCH3 is 1. The average molecular weight is 342 g/mol. The van der Waals surface area contributed by atoms with E-state index in [2.05, 4.69) is 27.8 Å². The molecule has 0 saturated carbocycles. The first-order valence-electron chi connectivity index (χ1n) is 6.36. The third-order valence-corrected chi connectivity index (χ3v) is 3.49. The van der Waals surface area contributed by atoms with Crippen molar-refractivity contribution in [2.24, 2.45) is 0 Å². The standard InChI is InChI=1S/C15H20BrNO3/c1-5-8-20-11(3)15(18)17-10(2)12-6-7-14(19-4)13(16)9-12/h5-7,9-11H,1,8H2,2-4H3,(H,17,18)/t10-,11+/m1/s1. The molecule has 2 atom stereocenters. The van der Waals surface area contributed by atoms with Crippen molar-refractivity contribution in [1.82, 2.24) is 5.32 Å². The maximum Gasteiger partial charge on any atom is 0.249 e. The number of rotatable bonds is 7. The summed E-state index contributed by atoms with van der Waals surface area (Å²) in [5.41, 5.74) is 0.988. The summed E-state index contributed by atoms with van der Waals surface area (Å²) in [4.78, 5) is 11.9. The normalized spacial score (nSPS) is 13.4. The van der Waals surface area contributed by atoms with Gasteiger partial charge in [-0.1, -0.05) is 12.1 Å². The van der Waals surface area contributed by atoms with E-state index in [-0.39, 0.29) is 11.9 Å². The number of carbonyl (C=O) groups excluding carboxylic acids is 1. The van der Waals surface area contributed by atoms with Gasteiger partial charge in [-0.2, -0.15) is 0 Å². The molecule has 0 unspecified atom stereocenters. The van der Waals surface area contributed by atoms with Gasteiger partial charge in [-0.15, -0.1) is 6.58 Å². The maximum absolute atomic E-state index is 11.9. The van der Waals surface area contributed by atoms with Gasteiger partial charge in [0.25, 0.3) is 0 Å². The summed E-state index contributed by atoms with van der Waals surface area (Å²) in [5.74, 6) is 0.612. The van der Waals surface area contributed by atoms with Gasteiger partial charge in [0.2, 0.25) is 5.91 Å². The van der Waals surface area contributed by atoms with Crippen LogP contribution in [-0.2, 0) is 9.53 Å². The molecule has 1 aromatic rings. The molecular formula is C15H20BrNO3. The van der Waals surface area contributed by atoms with Crippen LogP contribution in [0.3, 0.4) is 0 Å². The topological polar surface area (TPSA) is 47.6 Å². The fourth-order valence-electron chi connectivity index (χ4n) is 1.65. The summed E-state index contributed by atoms with van der Waals surface area (Å²) < 4.78 is 11.3. The van der Waals surface area contributed by atoms with Gasteiger partial charge < -0.3 is 14.8 Å². The highest BCUT2D eigenvalue weighted by molar-refractivity contribution is 9.10. The molecule has 0 bridgehead atoms. The highest BCUT2D eigenvalue weighted by Gasteiger charge is 2.16. The lowest BCUT2D eigenvalue weighted by molar-refractivity contribution is -0.131. The summed E-state index contributed by atoms with van der Waals surface area (Å²) in [7, 11) is 1.61. The molecule has 1 amide bonds. The third-order valence-electron chi connectivity index (χ3n) is 2.87. The number of halogens is 1. The Balaban J connectivity index is 2.66. The van der Waals surface area contributed by atoms with E-state index >= 15 is 0 Å². The molecule has 0 spiro atoms. The first-order chi connectivity index (χ1) is 9.49.